The quantitative estimate of drug-likeness (QED) is 0.556. The zero-order chi connectivity index (χ0) is 19.3. The molecule has 2 aliphatic rings. The van der Waals surface area contributed by atoms with Gasteiger partial charge < -0.3 is 14.4 Å². The summed E-state index contributed by atoms with van der Waals surface area (Å²) in [4.78, 5) is 39.1. The van der Waals surface area contributed by atoms with Gasteiger partial charge in [-0.25, -0.2) is 0 Å². The second-order valence-electron chi connectivity index (χ2n) is 8.29. The number of ether oxygens (including phenoxy) is 2. The minimum Gasteiger partial charge on any atom is -0.463 e. The minimum atomic E-state index is -0.568. The number of nitrogens with zero attached hydrogens (tertiary/aromatic N) is 1. The Morgan fingerprint density at radius 2 is 1.96 bits per heavy atom. The van der Waals surface area contributed by atoms with Crippen LogP contribution in [0, 0.1) is 11.8 Å². The first-order valence-corrected chi connectivity index (χ1v) is 9.51. The van der Waals surface area contributed by atoms with E-state index in [4.69, 9.17) is 9.47 Å². The van der Waals surface area contributed by atoms with Gasteiger partial charge in [0.05, 0.1) is 24.3 Å². The van der Waals surface area contributed by atoms with Crippen LogP contribution >= 0.6 is 0 Å². The van der Waals surface area contributed by atoms with Crippen molar-refractivity contribution in [3.05, 3.63) is 12.2 Å². The van der Waals surface area contributed by atoms with Crippen molar-refractivity contribution in [2.45, 2.75) is 71.4 Å². The Morgan fingerprint density at radius 1 is 1.27 bits per heavy atom. The van der Waals surface area contributed by atoms with E-state index in [0.717, 1.165) is 12.8 Å². The third-order valence-corrected chi connectivity index (χ3v) is 4.74. The molecule has 0 aromatic carbocycles. The van der Waals surface area contributed by atoms with Gasteiger partial charge in [-0.15, -0.1) is 0 Å². The molecule has 2 heterocycles. The molecular weight excluding hydrogens is 334 g/mol. The number of carbonyl (C=O) groups excluding carboxylic acids is 3. The summed E-state index contributed by atoms with van der Waals surface area (Å²) in [5.74, 6) is -1.27. The Labute approximate surface area is 155 Å². The standard InChI is InChI=1S/C20H31NO5/c1-14-8-5-6-9-15(12-17(22)26-20(2,3)4)18(23)21-11-7-10-16(21)13-25-19(14)24/h5-6,14-16H,7-13H2,1-4H3/t14-,15-,16-/m0/s1. The van der Waals surface area contributed by atoms with Crippen LogP contribution in [0.15, 0.2) is 12.2 Å². The molecule has 2 rings (SSSR count). The highest BCUT2D eigenvalue weighted by Gasteiger charge is 2.35. The van der Waals surface area contributed by atoms with Gasteiger partial charge in [0.1, 0.15) is 12.2 Å². The van der Waals surface area contributed by atoms with Gasteiger partial charge in [-0.05, 0) is 46.5 Å². The van der Waals surface area contributed by atoms with E-state index in [2.05, 4.69) is 0 Å². The average Bonchev–Trinajstić information content (AvgIpc) is 3.00. The minimum absolute atomic E-state index is 0.0484. The second kappa shape index (κ2) is 8.69. The molecule has 1 saturated heterocycles. The molecular formula is C20H31NO5. The largest absolute Gasteiger partial charge is 0.463 e. The molecule has 6 nitrogen and oxygen atoms in total. The summed E-state index contributed by atoms with van der Waals surface area (Å²) in [6, 6.07) is -0.0943. The van der Waals surface area contributed by atoms with Gasteiger partial charge >= 0.3 is 11.9 Å². The number of esters is 2. The highest BCUT2D eigenvalue weighted by atomic mass is 16.6. The zero-order valence-corrected chi connectivity index (χ0v) is 16.3. The molecule has 0 N–H and O–H groups in total. The van der Waals surface area contributed by atoms with Crippen LogP contribution in [0.3, 0.4) is 0 Å². The summed E-state index contributed by atoms with van der Waals surface area (Å²) < 4.78 is 10.8. The summed E-state index contributed by atoms with van der Waals surface area (Å²) >= 11 is 0. The van der Waals surface area contributed by atoms with Crippen LogP contribution in [0.4, 0.5) is 0 Å². The van der Waals surface area contributed by atoms with E-state index in [9.17, 15) is 14.4 Å². The van der Waals surface area contributed by atoms with Gasteiger partial charge in [0.15, 0.2) is 0 Å². The molecule has 0 radical (unpaired) electrons. The summed E-state index contributed by atoms with van der Waals surface area (Å²) in [5.41, 5.74) is -0.568. The maximum Gasteiger partial charge on any atom is 0.309 e. The second-order valence-corrected chi connectivity index (χ2v) is 8.29. The van der Waals surface area contributed by atoms with Crippen LogP contribution in [0.2, 0.25) is 0 Å². The predicted molar refractivity (Wildman–Crippen MR) is 97.2 cm³/mol. The highest BCUT2D eigenvalue weighted by molar-refractivity contribution is 5.84. The Bertz CT molecular complexity index is 563. The van der Waals surface area contributed by atoms with E-state index in [1.165, 1.54) is 0 Å². The van der Waals surface area contributed by atoms with E-state index in [-0.39, 0.29) is 42.8 Å². The third-order valence-electron chi connectivity index (χ3n) is 4.74. The van der Waals surface area contributed by atoms with Crippen LogP contribution in [0.25, 0.3) is 0 Å². The monoisotopic (exact) mass is 365 g/mol. The first-order chi connectivity index (χ1) is 12.2. The van der Waals surface area contributed by atoms with Crippen LogP contribution < -0.4 is 0 Å². The SMILES string of the molecule is C[C@H]1CC=CC[C@@H](CC(=O)OC(C)(C)C)C(=O)N2CCC[C@H]2COC1=O. The number of carbonyl (C=O) groups is 3. The first kappa shape index (κ1) is 20.5. The predicted octanol–water partition coefficient (Wildman–Crippen LogP) is 2.85. The first-order valence-electron chi connectivity index (χ1n) is 9.51. The Morgan fingerprint density at radius 3 is 2.65 bits per heavy atom. The van der Waals surface area contributed by atoms with Gasteiger partial charge in [-0.3, -0.25) is 14.4 Å². The normalized spacial score (nSPS) is 28.0. The lowest BCUT2D eigenvalue weighted by Crippen LogP contribution is -2.43. The van der Waals surface area contributed by atoms with Crippen LogP contribution in [0.5, 0.6) is 0 Å². The molecule has 0 aliphatic carbocycles. The van der Waals surface area contributed by atoms with Crippen LogP contribution in [0.1, 0.15) is 59.8 Å². The molecule has 1 amide bonds. The van der Waals surface area contributed by atoms with Gasteiger partial charge in [0, 0.05) is 6.54 Å². The molecule has 1 fully saturated rings. The van der Waals surface area contributed by atoms with E-state index in [1.807, 2.05) is 39.8 Å². The molecule has 26 heavy (non-hydrogen) atoms. The smallest absolute Gasteiger partial charge is 0.309 e. The summed E-state index contributed by atoms with van der Waals surface area (Å²) in [6.45, 7) is 8.18. The molecule has 2 aliphatic heterocycles. The molecule has 0 aromatic heterocycles. The number of hydrogen-bond acceptors (Lipinski definition) is 5. The fraction of sp³-hybridized carbons (Fsp3) is 0.750. The molecule has 3 atom stereocenters. The van der Waals surface area contributed by atoms with Gasteiger partial charge in [-0.1, -0.05) is 19.1 Å². The number of amides is 1. The van der Waals surface area contributed by atoms with E-state index in [1.54, 1.807) is 4.90 Å². The molecule has 0 bridgehead atoms. The molecule has 146 valence electrons. The van der Waals surface area contributed by atoms with E-state index in [0.29, 0.717) is 19.4 Å². The van der Waals surface area contributed by atoms with Crippen molar-refractivity contribution in [2.24, 2.45) is 11.8 Å². The lowest BCUT2D eigenvalue weighted by Gasteiger charge is -2.29. The van der Waals surface area contributed by atoms with E-state index >= 15 is 0 Å². The molecule has 0 unspecified atom stereocenters. The van der Waals surface area contributed by atoms with Crippen LogP contribution in [-0.4, -0.2) is 47.5 Å². The Balaban J connectivity index is 2.15. The maximum atomic E-state index is 13.0. The Hall–Kier alpha value is -1.85. The molecule has 0 saturated carbocycles. The summed E-state index contributed by atoms with van der Waals surface area (Å²) in [7, 11) is 0. The average molecular weight is 365 g/mol. The van der Waals surface area contributed by atoms with Gasteiger partial charge in [0.2, 0.25) is 5.91 Å². The number of allylic oxidation sites excluding steroid dienone is 2. The van der Waals surface area contributed by atoms with Crippen molar-refractivity contribution in [3.8, 4) is 0 Å². The van der Waals surface area contributed by atoms with Crippen molar-refractivity contribution in [3.63, 3.8) is 0 Å². The summed E-state index contributed by atoms with van der Waals surface area (Å²) in [5, 5.41) is 0. The van der Waals surface area contributed by atoms with Crippen molar-refractivity contribution < 1.29 is 23.9 Å². The number of fused-ring (bicyclic) bond motifs is 1. The van der Waals surface area contributed by atoms with Gasteiger partial charge in [-0.2, -0.15) is 0 Å². The highest BCUT2D eigenvalue weighted by Crippen LogP contribution is 2.25. The molecule has 6 heteroatoms. The third kappa shape index (κ3) is 5.85. The number of hydrogen-bond donors (Lipinski definition) is 0. The maximum absolute atomic E-state index is 13.0. The molecule has 0 spiro atoms. The van der Waals surface area contributed by atoms with E-state index < -0.39 is 11.5 Å². The fourth-order valence-corrected chi connectivity index (χ4v) is 3.37. The van der Waals surface area contributed by atoms with Crippen molar-refractivity contribution in [2.75, 3.05) is 13.2 Å². The Kier molecular flexibility index (Phi) is 6.84. The lowest BCUT2D eigenvalue weighted by molar-refractivity contribution is -0.159. The fourth-order valence-electron chi connectivity index (χ4n) is 3.37. The van der Waals surface area contributed by atoms with Crippen molar-refractivity contribution >= 4 is 17.8 Å². The van der Waals surface area contributed by atoms with Crippen molar-refractivity contribution in [1.82, 2.24) is 4.90 Å². The zero-order valence-electron chi connectivity index (χ0n) is 16.3. The summed E-state index contributed by atoms with van der Waals surface area (Å²) in [6.07, 6.45) is 6.61. The van der Waals surface area contributed by atoms with Gasteiger partial charge in [0.25, 0.3) is 0 Å². The number of cyclic esters (lactones) is 1. The lowest BCUT2D eigenvalue weighted by atomic mass is 9.97. The molecule has 0 aromatic rings. The van der Waals surface area contributed by atoms with Crippen LogP contribution in [-0.2, 0) is 23.9 Å². The number of rotatable bonds is 2. The topological polar surface area (TPSA) is 72.9 Å². The van der Waals surface area contributed by atoms with Crippen molar-refractivity contribution in [1.29, 1.82) is 0 Å².